The standard InChI is InChI=1S/C31H26ClNO5/c1-16(2)28(31(37)38-15-23(34)17-11-13-18(32)14-12-17)33-29(35)26-24-19-7-3-4-8-20(19)25(27(26)30(33)36)22-10-6-5-9-21(22)24/h3-14,16,24-28H,15H2,1-2H3/t24?,25?,26-,27+,28-/m0/s1. The van der Waals surface area contributed by atoms with Crippen molar-refractivity contribution in [2.75, 3.05) is 6.61 Å². The molecule has 38 heavy (non-hydrogen) atoms. The van der Waals surface area contributed by atoms with E-state index in [1.54, 1.807) is 38.1 Å². The topological polar surface area (TPSA) is 80.8 Å². The van der Waals surface area contributed by atoms with Gasteiger partial charge in [-0.25, -0.2) is 4.79 Å². The lowest BCUT2D eigenvalue weighted by Crippen LogP contribution is -2.49. The zero-order valence-corrected chi connectivity index (χ0v) is 21.7. The van der Waals surface area contributed by atoms with Gasteiger partial charge in [0, 0.05) is 22.4 Å². The Morgan fingerprint density at radius 1 is 0.789 bits per heavy atom. The molecule has 3 atom stereocenters. The van der Waals surface area contributed by atoms with Gasteiger partial charge in [-0.2, -0.15) is 0 Å². The zero-order valence-electron chi connectivity index (χ0n) is 21.0. The molecule has 0 radical (unpaired) electrons. The lowest BCUT2D eigenvalue weighted by molar-refractivity contribution is -0.160. The highest BCUT2D eigenvalue weighted by molar-refractivity contribution is 6.30. The minimum atomic E-state index is -1.12. The number of amides is 2. The SMILES string of the molecule is CC(C)[C@@H](C(=O)OCC(=O)c1ccc(Cl)cc1)N1C(=O)[C@@H]2C3c4ccccc4C(c4ccccc43)[C@@H]2C1=O. The smallest absolute Gasteiger partial charge is 0.330 e. The number of nitrogens with zero attached hydrogens (tertiary/aromatic N) is 1. The lowest BCUT2D eigenvalue weighted by Gasteiger charge is -2.45. The van der Waals surface area contributed by atoms with Crippen LogP contribution in [0, 0.1) is 17.8 Å². The maximum absolute atomic E-state index is 14.0. The fourth-order valence-electron chi connectivity index (χ4n) is 6.59. The molecule has 192 valence electrons. The summed E-state index contributed by atoms with van der Waals surface area (Å²) in [5.41, 5.74) is 4.63. The highest BCUT2D eigenvalue weighted by Gasteiger charge is 2.63. The number of likely N-dealkylation sites (tertiary alicyclic amines) is 1. The van der Waals surface area contributed by atoms with Crippen molar-refractivity contribution < 1.29 is 23.9 Å². The minimum absolute atomic E-state index is 0.255. The van der Waals surface area contributed by atoms with E-state index >= 15 is 0 Å². The molecule has 1 saturated heterocycles. The lowest BCUT2D eigenvalue weighted by atomic mass is 9.55. The van der Waals surface area contributed by atoms with Crippen LogP contribution in [0.25, 0.3) is 0 Å². The summed E-state index contributed by atoms with van der Waals surface area (Å²) in [7, 11) is 0. The molecule has 2 amide bonds. The predicted octanol–water partition coefficient (Wildman–Crippen LogP) is 4.98. The van der Waals surface area contributed by atoms with Crippen molar-refractivity contribution in [3.05, 3.63) is 106 Å². The Hall–Kier alpha value is -3.77. The number of hydrogen-bond donors (Lipinski definition) is 0. The molecule has 1 heterocycles. The Bertz CT molecular complexity index is 1360. The first-order valence-corrected chi connectivity index (χ1v) is 13.2. The Kier molecular flexibility index (Phi) is 5.95. The average molecular weight is 528 g/mol. The number of rotatable bonds is 6. The number of halogens is 1. The number of esters is 1. The molecule has 3 aliphatic carbocycles. The van der Waals surface area contributed by atoms with Crippen LogP contribution in [0.3, 0.4) is 0 Å². The first kappa shape index (κ1) is 24.6. The van der Waals surface area contributed by atoms with Gasteiger partial charge in [0.2, 0.25) is 11.8 Å². The molecule has 0 aromatic heterocycles. The number of ketones is 1. The third-order valence-corrected chi connectivity index (χ3v) is 8.40. The molecule has 0 unspecified atom stereocenters. The van der Waals surface area contributed by atoms with Gasteiger partial charge in [-0.3, -0.25) is 19.3 Å². The van der Waals surface area contributed by atoms with E-state index in [2.05, 4.69) is 0 Å². The highest BCUT2D eigenvalue weighted by Crippen LogP contribution is 2.61. The van der Waals surface area contributed by atoms with Crippen LogP contribution in [0.5, 0.6) is 0 Å². The van der Waals surface area contributed by atoms with Crippen molar-refractivity contribution in [3.63, 3.8) is 0 Å². The molecule has 6 nitrogen and oxygen atoms in total. The third kappa shape index (κ3) is 3.62. The Labute approximate surface area is 225 Å². The number of hydrogen-bond acceptors (Lipinski definition) is 5. The largest absolute Gasteiger partial charge is 0.456 e. The molecule has 1 fully saturated rings. The van der Waals surface area contributed by atoms with Gasteiger partial charge in [0.05, 0.1) is 11.8 Å². The van der Waals surface area contributed by atoms with Crippen LogP contribution in [0.15, 0.2) is 72.8 Å². The first-order chi connectivity index (χ1) is 18.3. The van der Waals surface area contributed by atoms with Crippen LogP contribution in [-0.2, 0) is 19.1 Å². The van der Waals surface area contributed by atoms with Crippen LogP contribution >= 0.6 is 11.6 Å². The van der Waals surface area contributed by atoms with E-state index in [4.69, 9.17) is 16.3 Å². The van der Waals surface area contributed by atoms with Gasteiger partial charge in [0.1, 0.15) is 6.04 Å². The number of carbonyl (C=O) groups excluding carboxylic acids is 4. The van der Waals surface area contributed by atoms with Gasteiger partial charge in [-0.05, 0) is 52.4 Å². The molecule has 3 aromatic carbocycles. The van der Waals surface area contributed by atoms with Gasteiger partial charge >= 0.3 is 5.97 Å². The summed E-state index contributed by atoms with van der Waals surface area (Å²) in [4.78, 5) is 55.1. The molecule has 0 N–H and O–H groups in total. The second-order valence-electron chi connectivity index (χ2n) is 10.5. The third-order valence-electron chi connectivity index (χ3n) is 8.15. The Balaban J connectivity index is 1.31. The van der Waals surface area contributed by atoms with Crippen molar-refractivity contribution >= 4 is 35.2 Å². The first-order valence-electron chi connectivity index (χ1n) is 12.8. The van der Waals surface area contributed by atoms with Crippen LogP contribution in [0.2, 0.25) is 5.02 Å². The average Bonchev–Trinajstić information content (AvgIpc) is 3.18. The van der Waals surface area contributed by atoms with Crippen molar-refractivity contribution in [2.24, 2.45) is 17.8 Å². The molecule has 0 saturated carbocycles. The summed E-state index contributed by atoms with van der Waals surface area (Å²) in [5, 5.41) is 0.490. The Morgan fingerprint density at radius 3 is 1.66 bits per heavy atom. The maximum Gasteiger partial charge on any atom is 0.330 e. The number of imide groups is 1. The number of Topliss-reactive ketones (excluding diaryl/α,β-unsaturated/α-hetero) is 1. The quantitative estimate of drug-likeness (QED) is 0.256. The van der Waals surface area contributed by atoms with Crippen molar-refractivity contribution in [3.8, 4) is 0 Å². The van der Waals surface area contributed by atoms with E-state index in [1.807, 2.05) is 48.5 Å². The normalized spacial score (nSPS) is 23.6. The van der Waals surface area contributed by atoms with Crippen molar-refractivity contribution in [2.45, 2.75) is 31.7 Å². The summed E-state index contributed by atoms with van der Waals surface area (Å²) >= 11 is 5.89. The van der Waals surface area contributed by atoms with E-state index in [1.165, 1.54) is 0 Å². The fourth-order valence-corrected chi connectivity index (χ4v) is 6.72. The summed E-state index contributed by atoms with van der Waals surface area (Å²) < 4.78 is 5.40. The van der Waals surface area contributed by atoms with Gasteiger partial charge < -0.3 is 4.74 Å². The van der Waals surface area contributed by atoms with Crippen LogP contribution in [0.4, 0.5) is 0 Å². The summed E-state index contributed by atoms with van der Waals surface area (Å²) in [6.45, 7) is 3.05. The monoisotopic (exact) mass is 527 g/mol. The van der Waals surface area contributed by atoms with E-state index in [0.717, 1.165) is 27.2 Å². The van der Waals surface area contributed by atoms with Crippen molar-refractivity contribution in [1.29, 1.82) is 0 Å². The molecule has 3 aromatic rings. The predicted molar refractivity (Wildman–Crippen MR) is 141 cm³/mol. The van der Waals surface area contributed by atoms with Gasteiger partial charge in [0.15, 0.2) is 12.4 Å². The van der Waals surface area contributed by atoms with E-state index < -0.39 is 42.2 Å². The molecular weight excluding hydrogens is 502 g/mol. The van der Waals surface area contributed by atoms with Gasteiger partial charge in [0.25, 0.3) is 0 Å². The van der Waals surface area contributed by atoms with Crippen LogP contribution in [-0.4, -0.2) is 41.1 Å². The van der Waals surface area contributed by atoms with Crippen LogP contribution < -0.4 is 0 Å². The maximum atomic E-state index is 14.0. The summed E-state index contributed by atoms with van der Waals surface area (Å²) in [5.74, 6) is -3.92. The van der Waals surface area contributed by atoms with E-state index in [0.29, 0.717) is 10.6 Å². The summed E-state index contributed by atoms with van der Waals surface area (Å²) in [6.07, 6.45) is 0. The molecule has 7 heteroatoms. The number of ether oxygens (including phenoxy) is 1. The second kappa shape index (κ2) is 9.21. The highest BCUT2D eigenvalue weighted by atomic mass is 35.5. The zero-order chi connectivity index (χ0) is 26.7. The molecule has 7 rings (SSSR count). The fraction of sp³-hybridized carbons (Fsp3) is 0.290. The van der Waals surface area contributed by atoms with E-state index in [9.17, 15) is 19.2 Å². The number of benzene rings is 3. The Morgan fingerprint density at radius 2 is 1.24 bits per heavy atom. The van der Waals surface area contributed by atoms with Crippen LogP contribution in [0.1, 0.15) is 58.3 Å². The summed E-state index contributed by atoms with van der Waals surface area (Å²) in [6, 6.07) is 21.2. The molecule has 2 bridgehead atoms. The van der Waals surface area contributed by atoms with Gasteiger partial charge in [-0.1, -0.05) is 74.0 Å². The molecule has 4 aliphatic rings. The van der Waals surface area contributed by atoms with Crippen molar-refractivity contribution in [1.82, 2.24) is 4.90 Å². The molecular formula is C31H26ClNO5. The second-order valence-corrected chi connectivity index (χ2v) is 11.0. The van der Waals surface area contributed by atoms with E-state index in [-0.39, 0.29) is 23.7 Å². The minimum Gasteiger partial charge on any atom is -0.456 e. The molecule has 0 spiro atoms. The molecule has 1 aliphatic heterocycles. The van der Waals surface area contributed by atoms with Gasteiger partial charge in [-0.15, -0.1) is 0 Å². The number of carbonyl (C=O) groups is 4.